The monoisotopic (exact) mass is 475 g/mol. The van der Waals surface area contributed by atoms with Crippen LogP contribution < -0.4 is 10.1 Å². The minimum absolute atomic E-state index is 0.0675. The van der Waals surface area contributed by atoms with E-state index in [1.54, 1.807) is 6.07 Å². The summed E-state index contributed by atoms with van der Waals surface area (Å²) in [5.74, 6) is 0. The normalized spacial score (nSPS) is 11.3. The maximum absolute atomic E-state index is 12.6. The highest BCUT2D eigenvalue weighted by atomic mass is 35.5. The fraction of sp³-hybridized carbons (Fsp3) is 0. The van der Waals surface area contributed by atoms with E-state index in [1.165, 1.54) is 60.8 Å². The Bertz CT molecular complexity index is 1310. The molecule has 3 aromatic rings. The number of hydrogen-bond acceptors (Lipinski definition) is 8. The zero-order valence-corrected chi connectivity index (χ0v) is 17.6. The minimum atomic E-state index is -4.10. The first-order valence-corrected chi connectivity index (χ1v) is 10.6. The van der Waals surface area contributed by atoms with Crippen LogP contribution in [-0.2, 0) is 10.0 Å². The Morgan fingerprint density at radius 3 is 2.31 bits per heavy atom. The first kappa shape index (κ1) is 22.7. The van der Waals surface area contributed by atoms with Gasteiger partial charge in [0.25, 0.3) is 21.4 Å². The van der Waals surface area contributed by atoms with Gasteiger partial charge in [-0.1, -0.05) is 23.7 Å². The van der Waals surface area contributed by atoms with Gasteiger partial charge in [-0.05, 0) is 36.4 Å². The maximum Gasteiger partial charge on any atom is 0.295 e. The maximum atomic E-state index is 12.6. The summed E-state index contributed by atoms with van der Waals surface area (Å²) in [6, 6.07) is 14.8. The van der Waals surface area contributed by atoms with Crippen LogP contribution in [0, 0.1) is 20.2 Å². The predicted molar refractivity (Wildman–Crippen MR) is 120 cm³/mol. The van der Waals surface area contributed by atoms with Gasteiger partial charge in [0.15, 0.2) is 0 Å². The molecule has 3 aromatic carbocycles. The van der Waals surface area contributed by atoms with Gasteiger partial charge >= 0.3 is 0 Å². The molecule has 0 aliphatic heterocycles. The highest BCUT2D eigenvalue weighted by Gasteiger charge is 2.21. The second-order valence-corrected chi connectivity index (χ2v) is 8.39. The number of nitrogens with zero attached hydrogens (tertiary/aromatic N) is 3. The fourth-order valence-electron chi connectivity index (χ4n) is 2.55. The summed E-state index contributed by atoms with van der Waals surface area (Å²) in [4.78, 5) is 20.6. The van der Waals surface area contributed by atoms with Gasteiger partial charge in [0.2, 0.25) is 0 Å². The van der Waals surface area contributed by atoms with Gasteiger partial charge in [0.1, 0.15) is 5.69 Å². The third-order valence-corrected chi connectivity index (χ3v) is 5.68. The van der Waals surface area contributed by atoms with Crippen molar-refractivity contribution in [3.63, 3.8) is 0 Å². The molecule has 0 aliphatic rings. The van der Waals surface area contributed by atoms with E-state index in [9.17, 15) is 28.6 Å². The summed E-state index contributed by atoms with van der Waals surface area (Å²) in [5.41, 5.74) is 2.35. The fourth-order valence-corrected chi connectivity index (χ4v) is 3.76. The molecule has 0 aromatic heterocycles. The number of nitro benzene ring substituents is 2. The van der Waals surface area contributed by atoms with Crippen molar-refractivity contribution in [3.05, 3.63) is 97.5 Å². The second-order valence-electron chi connectivity index (χ2n) is 6.27. The first-order chi connectivity index (χ1) is 15.2. The first-order valence-electron chi connectivity index (χ1n) is 8.76. The molecular formula is C19H14ClN5O6S. The van der Waals surface area contributed by atoms with E-state index in [0.717, 1.165) is 6.07 Å². The quantitative estimate of drug-likeness (QED) is 0.277. The van der Waals surface area contributed by atoms with Crippen LogP contribution in [0.3, 0.4) is 0 Å². The number of sulfonamides is 1. The van der Waals surface area contributed by atoms with Crippen molar-refractivity contribution in [2.75, 3.05) is 10.1 Å². The lowest BCUT2D eigenvalue weighted by atomic mass is 10.2. The van der Waals surface area contributed by atoms with Crippen molar-refractivity contribution in [2.45, 2.75) is 4.90 Å². The van der Waals surface area contributed by atoms with Gasteiger partial charge in [-0.2, -0.15) is 5.10 Å². The lowest BCUT2D eigenvalue weighted by Crippen LogP contribution is -2.13. The van der Waals surface area contributed by atoms with Crippen LogP contribution in [0.25, 0.3) is 0 Å². The van der Waals surface area contributed by atoms with Gasteiger partial charge in [-0.15, -0.1) is 0 Å². The highest BCUT2D eigenvalue weighted by Crippen LogP contribution is 2.29. The van der Waals surface area contributed by atoms with E-state index < -0.39 is 25.6 Å². The van der Waals surface area contributed by atoms with Gasteiger partial charge in [-0.25, -0.2) is 8.42 Å². The number of nitrogens with one attached hydrogen (secondary N) is 2. The number of rotatable bonds is 8. The summed E-state index contributed by atoms with van der Waals surface area (Å²) in [6.07, 6.45) is 1.24. The van der Waals surface area contributed by atoms with Gasteiger partial charge in [-0.3, -0.25) is 30.4 Å². The van der Waals surface area contributed by atoms with Crippen molar-refractivity contribution in [3.8, 4) is 0 Å². The van der Waals surface area contributed by atoms with Crippen molar-refractivity contribution in [1.82, 2.24) is 0 Å². The van der Waals surface area contributed by atoms with E-state index in [2.05, 4.69) is 15.2 Å². The van der Waals surface area contributed by atoms with Gasteiger partial charge in [0.05, 0.1) is 21.0 Å². The third kappa shape index (κ3) is 5.56. The van der Waals surface area contributed by atoms with Crippen molar-refractivity contribution in [1.29, 1.82) is 0 Å². The lowest BCUT2D eigenvalue weighted by Gasteiger charge is -2.09. The number of nitro groups is 2. The van der Waals surface area contributed by atoms with Gasteiger partial charge in [0, 0.05) is 34.5 Å². The second kappa shape index (κ2) is 9.41. The summed E-state index contributed by atoms with van der Waals surface area (Å²) < 4.78 is 27.5. The summed E-state index contributed by atoms with van der Waals surface area (Å²) in [5, 5.41) is 26.5. The molecule has 0 saturated carbocycles. The molecule has 0 amide bonds. The van der Waals surface area contributed by atoms with E-state index in [1.807, 2.05) is 0 Å². The van der Waals surface area contributed by atoms with Crippen LogP contribution in [0.4, 0.5) is 22.7 Å². The largest absolute Gasteiger partial charge is 0.295 e. The number of hydrazone groups is 1. The Balaban J connectivity index is 1.83. The number of hydrogen-bond donors (Lipinski definition) is 2. The Hall–Kier alpha value is -4.03. The smallest absolute Gasteiger partial charge is 0.280 e. The summed E-state index contributed by atoms with van der Waals surface area (Å²) in [6.45, 7) is 0. The molecular weight excluding hydrogens is 462 g/mol. The average molecular weight is 476 g/mol. The van der Waals surface area contributed by atoms with Crippen molar-refractivity contribution < 1.29 is 18.3 Å². The SMILES string of the molecule is O=[N+]([O-])c1cccc(C=NNc2ccc(S(=O)(=O)Nc3ccc(Cl)cc3)cc2[N+](=O)[O-])c1. The molecule has 0 fully saturated rings. The molecule has 0 aliphatic carbocycles. The molecule has 0 bridgehead atoms. The van der Waals surface area contributed by atoms with E-state index >= 15 is 0 Å². The number of benzene rings is 3. The Morgan fingerprint density at radius 1 is 0.938 bits per heavy atom. The molecule has 164 valence electrons. The lowest BCUT2D eigenvalue weighted by molar-refractivity contribution is -0.384. The van der Waals surface area contributed by atoms with E-state index in [0.29, 0.717) is 10.6 Å². The third-order valence-electron chi connectivity index (χ3n) is 4.05. The molecule has 0 atom stereocenters. The molecule has 13 heteroatoms. The molecule has 0 radical (unpaired) electrons. The zero-order chi connectivity index (χ0) is 23.3. The van der Waals surface area contributed by atoms with Crippen LogP contribution in [-0.4, -0.2) is 24.5 Å². The van der Waals surface area contributed by atoms with E-state index in [-0.39, 0.29) is 22.0 Å². The summed E-state index contributed by atoms with van der Waals surface area (Å²) in [7, 11) is -4.10. The Labute approximate surface area is 186 Å². The number of halogens is 1. The van der Waals surface area contributed by atoms with Gasteiger partial charge < -0.3 is 0 Å². The summed E-state index contributed by atoms with van der Waals surface area (Å²) >= 11 is 5.77. The minimum Gasteiger partial charge on any atom is -0.280 e. The van der Waals surface area contributed by atoms with Crippen LogP contribution in [0.1, 0.15) is 5.56 Å². The van der Waals surface area contributed by atoms with Crippen LogP contribution in [0.15, 0.2) is 76.7 Å². The van der Waals surface area contributed by atoms with Crippen LogP contribution in [0.5, 0.6) is 0 Å². The Kier molecular flexibility index (Phi) is 6.66. The van der Waals surface area contributed by atoms with E-state index in [4.69, 9.17) is 11.6 Å². The standard InChI is InChI=1S/C19H14ClN5O6S/c20-14-4-6-15(7-5-14)23-32(30,31)17-8-9-18(19(11-17)25(28)29)22-21-12-13-2-1-3-16(10-13)24(26)27/h1-12,22-23H. The molecule has 0 saturated heterocycles. The molecule has 0 unspecified atom stereocenters. The molecule has 0 heterocycles. The molecule has 11 nitrogen and oxygen atoms in total. The molecule has 0 spiro atoms. The van der Waals surface area contributed by atoms with Crippen molar-refractivity contribution >= 4 is 50.6 Å². The average Bonchev–Trinajstić information content (AvgIpc) is 2.75. The molecule has 32 heavy (non-hydrogen) atoms. The number of anilines is 2. The Morgan fingerprint density at radius 2 is 1.66 bits per heavy atom. The highest BCUT2D eigenvalue weighted by molar-refractivity contribution is 7.92. The number of non-ortho nitro benzene ring substituents is 1. The molecule has 3 rings (SSSR count). The predicted octanol–water partition coefficient (Wildman–Crippen LogP) is 4.40. The van der Waals surface area contributed by atoms with Crippen LogP contribution >= 0.6 is 11.6 Å². The van der Waals surface area contributed by atoms with Crippen molar-refractivity contribution in [2.24, 2.45) is 5.10 Å². The topological polar surface area (TPSA) is 157 Å². The molecule has 2 N–H and O–H groups in total. The van der Waals surface area contributed by atoms with Crippen LogP contribution in [0.2, 0.25) is 5.02 Å². The zero-order valence-electron chi connectivity index (χ0n) is 16.0.